The number of nitrogens with zero attached hydrogens (tertiary/aromatic N) is 3. The number of hydrogen-bond donors (Lipinski definition) is 3. The first-order valence-corrected chi connectivity index (χ1v) is 9.15. The van der Waals surface area contributed by atoms with E-state index in [1.54, 1.807) is 12.1 Å². The fraction of sp³-hybridized carbons (Fsp3) is 0.333. The molecule has 0 fully saturated rings. The quantitative estimate of drug-likeness (QED) is 0.634. The Balaban J connectivity index is 1.76. The molecule has 3 aromatic rings. The molecular formula is C18H21N5O2S. The summed E-state index contributed by atoms with van der Waals surface area (Å²) in [4.78, 5) is 12.4. The molecule has 0 atom stereocenters. The predicted octanol–water partition coefficient (Wildman–Crippen LogP) is 3.70. The van der Waals surface area contributed by atoms with E-state index >= 15 is 0 Å². The summed E-state index contributed by atoms with van der Waals surface area (Å²) in [7, 11) is 0. The number of anilines is 1. The van der Waals surface area contributed by atoms with Gasteiger partial charge in [0.1, 0.15) is 16.5 Å². The van der Waals surface area contributed by atoms with E-state index < -0.39 is 0 Å². The average Bonchev–Trinajstić information content (AvgIpc) is 3.22. The molecule has 2 aromatic heterocycles. The smallest absolute Gasteiger partial charge is 0.275 e. The normalized spacial score (nSPS) is 11.1. The van der Waals surface area contributed by atoms with E-state index in [1.165, 1.54) is 11.3 Å². The molecular weight excluding hydrogens is 350 g/mol. The van der Waals surface area contributed by atoms with Gasteiger partial charge in [-0.1, -0.05) is 31.3 Å². The number of phenolic OH excluding ortho intramolecular Hbond substituents is 1. The van der Waals surface area contributed by atoms with Gasteiger partial charge in [-0.15, -0.1) is 10.2 Å². The Kier molecular flexibility index (Phi) is 5.03. The monoisotopic (exact) mass is 371 g/mol. The van der Waals surface area contributed by atoms with Gasteiger partial charge in [-0.3, -0.25) is 15.2 Å². The lowest BCUT2D eigenvalue weighted by Gasteiger charge is -2.07. The molecule has 1 amide bonds. The van der Waals surface area contributed by atoms with Crippen LogP contribution >= 0.6 is 11.3 Å². The Morgan fingerprint density at radius 2 is 2.08 bits per heavy atom. The van der Waals surface area contributed by atoms with Crippen LogP contribution in [0.3, 0.4) is 0 Å². The Labute approximate surface area is 155 Å². The molecule has 0 saturated carbocycles. The van der Waals surface area contributed by atoms with E-state index in [4.69, 9.17) is 0 Å². The van der Waals surface area contributed by atoms with Crippen LogP contribution in [0.25, 0.3) is 11.3 Å². The molecule has 26 heavy (non-hydrogen) atoms. The number of aryl methyl sites for hydroxylation is 1. The molecule has 0 bridgehead atoms. The molecule has 7 nitrogen and oxygen atoms in total. The van der Waals surface area contributed by atoms with Gasteiger partial charge in [-0.25, -0.2) is 0 Å². The van der Waals surface area contributed by atoms with Crippen molar-refractivity contribution < 1.29 is 9.90 Å². The highest BCUT2D eigenvalue weighted by molar-refractivity contribution is 7.15. The number of carbonyl (C=O) groups is 1. The first kappa shape index (κ1) is 18.1. The van der Waals surface area contributed by atoms with Crippen LogP contribution in [0.2, 0.25) is 0 Å². The number of aromatic hydroxyl groups is 1. The molecule has 0 aliphatic heterocycles. The zero-order valence-corrected chi connectivity index (χ0v) is 15.9. The van der Waals surface area contributed by atoms with Gasteiger partial charge in [0, 0.05) is 12.0 Å². The van der Waals surface area contributed by atoms with Crippen molar-refractivity contribution in [2.75, 3.05) is 5.32 Å². The van der Waals surface area contributed by atoms with Crippen LogP contribution in [-0.4, -0.2) is 31.4 Å². The summed E-state index contributed by atoms with van der Waals surface area (Å²) >= 11 is 1.36. The second-order valence-corrected chi connectivity index (χ2v) is 7.69. The highest BCUT2D eigenvalue weighted by Crippen LogP contribution is 2.32. The average molecular weight is 371 g/mol. The maximum absolute atomic E-state index is 12.4. The fourth-order valence-corrected chi connectivity index (χ4v) is 3.43. The van der Waals surface area contributed by atoms with Gasteiger partial charge in [0.15, 0.2) is 0 Å². The van der Waals surface area contributed by atoms with Crippen molar-refractivity contribution in [2.24, 2.45) is 5.92 Å². The second kappa shape index (κ2) is 7.25. The van der Waals surface area contributed by atoms with Gasteiger partial charge in [-0.2, -0.15) is 5.10 Å². The Hall–Kier alpha value is -2.74. The SMILES string of the molecule is Cc1ccc(-c2cc(C(=O)Nc3nnc(CC(C)C)s3)[nH]n2)c(O)c1C. The molecule has 3 N–H and O–H groups in total. The molecule has 0 aliphatic rings. The molecule has 8 heteroatoms. The van der Waals surface area contributed by atoms with Crippen LogP contribution < -0.4 is 5.32 Å². The lowest BCUT2D eigenvalue weighted by Crippen LogP contribution is -2.12. The summed E-state index contributed by atoms with van der Waals surface area (Å²) in [5.74, 6) is 0.303. The third-order valence-electron chi connectivity index (χ3n) is 4.07. The largest absolute Gasteiger partial charge is 0.507 e. The predicted molar refractivity (Wildman–Crippen MR) is 102 cm³/mol. The molecule has 1 aromatic carbocycles. The number of phenols is 1. The molecule has 0 saturated heterocycles. The van der Waals surface area contributed by atoms with Crippen molar-refractivity contribution in [3.8, 4) is 17.0 Å². The van der Waals surface area contributed by atoms with Crippen molar-refractivity contribution >= 4 is 22.4 Å². The van der Waals surface area contributed by atoms with Gasteiger partial charge in [0.2, 0.25) is 5.13 Å². The highest BCUT2D eigenvalue weighted by Gasteiger charge is 2.16. The zero-order chi connectivity index (χ0) is 18.8. The number of hydrogen-bond acceptors (Lipinski definition) is 6. The number of aromatic amines is 1. The number of nitrogens with one attached hydrogen (secondary N) is 2. The number of rotatable bonds is 5. The topological polar surface area (TPSA) is 104 Å². The number of H-pyrrole nitrogens is 1. The van der Waals surface area contributed by atoms with Gasteiger partial charge < -0.3 is 5.11 Å². The molecule has 0 unspecified atom stereocenters. The number of aromatic nitrogens is 4. The summed E-state index contributed by atoms with van der Waals surface area (Å²) in [6, 6.07) is 5.31. The van der Waals surface area contributed by atoms with E-state index in [1.807, 2.05) is 19.9 Å². The molecule has 2 heterocycles. The third kappa shape index (κ3) is 3.75. The van der Waals surface area contributed by atoms with Crippen molar-refractivity contribution in [1.29, 1.82) is 0 Å². The van der Waals surface area contributed by atoms with Gasteiger partial charge in [0.25, 0.3) is 5.91 Å². The van der Waals surface area contributed by atoms with Crippen LogP contribution in [0.15, 0.2) is 18.2 Å². The van der Waals surface area contributed by atoms with E-state index in [2.05, 4.69) is 39.6 Å². The first-order chi connectivity index (χ1) is 12.3. The van der Waals surface area contributed by atoms with Crippen LogP contribution in [0.5, 0.6) is 5.75 Å². The van der Waals surface area contributed by atoms with Crippen molar-refractivity contribution in [2.45, 2.75) is 34.1 Å². The highest BCUT2D eigenvalue weighted by atomic mass is 32.1. The molecule has 0 aliphatic carbocycles. The zero-order valence-electron chi connectivity index (χ0n) is 15.1. The first-order valence-electron chi connectivity index (χ1n) is 8.33. The fourth-order valence-electron chi connectivity index (χ4n) is 2.48. The van der Waals surface area contributed by atoms with Crippen molar-refractivity contribution in [3.63, 3.8) is 0 Å². The van der Waals surface area contributed by atoms with Gasteiger partial charge >= 0.3 is 0 Å². The lowest BCUT2D eigenvalue weighted by molar-refractivity contribution is 0.102. The maximum Gasteiger partial charge on any atom is 0.275 e. The number of carbonyl (C=O) groups excluding carboxylic acids is 1. The summed E-state index contributed by atoms with van der Waals surface area (Å²) in [6.45, 7) is 7.98. The number of amides is 1. The van der Waals surface area contributed by atoms with Gasteiger partial charge in [-0.05, 0) is 43.0 Å². The van der Waals surface area contributed by atoms with Crippen molar-refractivity contribution in [1.82, 2.24) is 20.4 Å². The standard InChI is InChI=1S/C18H21N5O2S/c1-9(2)7-15-22-23-18(26-15)19-17(25)14-8-13(20-21-14)12-6-5-10(3)11(4)16(12)24/h5-6,8-9,24H,7H2,1-4H3,(H,20,21)(H,19,23,25). The molecule has 136 valence electrons. The van der Waals surface area contributed by atoms with E-state index in [0.717, 1.165) is 22.6 Å². The minimum atomic E-state index is -0.348. The van der Waals surface area contributed by atoms with Crippen LogP contribution in [-0.2, 0) is 6.42 Å². The minimum Gasteiger partial charge on any atom is -0.507 e. The Morgan fingerprint density at radius 3 is 2.81 bits per heavy atom. The Morgan fingerprint density at radius 1 is 1.31 bits per heavy atom. The summed E-state index contributed by atoms with van der Waals surface area (Å²) in [5, 5.41) is 29.3. The van der Waals surface area contributed by atoms with E-state index in [9.17, 15) is 9.90 Å². The summed E-state index contributed by atoms with van der Waals surface area (Å²) in [6.07, 6.45) is 0.827. The molecule has 0 radical (unpaired) electrons. The van der Waals surface area contributed by atoms with Gasteiger partial charge in [0.05, 0.1) is 5.69 Å². The van der Waals surface area contributed by atoms with E-state index in [-0.39, 0.29) is 11.7 Å². The molecule has 3 rings (SSSR count). The van der Waals surface area contributed by atoms with Crippen LogP contribution in [0.1, 0.15) is 40.5 Å². The summed E-state index contributed by atoms with van der Waals surface area (Å²) in [5.41, 5.74) is 3.17. The Bertz CT molecular complexity index is 945. The van der Waals surface area contributed by atoms with Crippen molar-refractivity contribution in [3.05, 3.63) is 40.0 Å². The molecule has 0 spiro atoms. The summed E-state index contributed by atoms with van der Waals surface area (Å²) < 4.78 is 0. The minimum absolute atomic E-state index is 0.172. The van der Waals surface area contributed by atoms with Crippen LogP contribution in [0.4, 0.5) is 5.13 Å². The maximum atomic E-state index is 12.4. The second-order valence-electron chi connectivity index (χ2n) is 6.62. The number of benzene rings is 1. The lowest BCUT2D eigenvalue weighted by atomic mass is 10.0. The van der Waals surface area contributed by atoms with Crippen LogP contribution in [0, 0.1) is 19.8 Å². The third-order valence-corrected chi connectivity index (χ3v) is 4.93. The van der Waals surface area contributed by atoms with E-state index in [0.29, 0.717) is 28.0 Å².